The molecule has 0 amide bonds. The minimum atomic E-state index is -0.450. The number of hydrogen-bond acceptors (Lipinski definition) is 5. The van der Waals surface area contributed by atoms with Gasteiger partial charge < -0.3 is 19.6 Å². The van der Waals surface area contributed by atoms with E-state index in [9.17, 15) is 5.11 Å². The normalized spacial score (nSPS) is 16.4. The highest BCUT2D eigenvalue weighted by molar-refractivity contribution is 5.33. The van der Waals surface area contributed by atoms with Gasteiger partial charge in [-0.25, -0.2) is 0 Å². The number of aliphatic hydroxyl groups is 1. The molecule has 0 spiro atoms. The van der Waals surface area contributed by atoms with Gasteiger partial charge in [0.25, 0.3) is 0 Å². The number of para-hydroxylation sites is 1. The molecule has 154 valence electrons. The van der Waals surface area contributed by atoms with Gasteiger partial charge in [0, 0.05) is 38.4 Å². The number of ether oxygens (including phenoxy) is 1. The van der Waals surface area contributed by atoms with Crippen molar-refractivity contribution in [3.8, 4) is 5.75 Å². The summed E-state index contributed by atoms with van der Waals surface area (Å²) in [5.41, 5.74) is 2.40. The summed E-state index contributed by atoms with van der Waals surface area (Å²) in [6.45, 7) is 5.00. The highest BCUT2D eigenvalue weighted by Gasteiger charge is 2.16. The van der Waals surface area contributed by atoms with Crippen LogP contribution in [0.5, 0.6) is 5.75 Å². The van der Waals surface area contributed by atoms with Gasteiger partial charge in [0.1, 0.15) is 18.5 Å². The Morgan fingerprint density at radius 3 is 2.75 bits per heavy atom. The third kappa shape index (κ3) is 6.62. The van der Waals surface area contributed by atoms with E-state index in [1.54, 1.807) is 0 Å². The lowest BCUT2D eigenvalue weighted by atomic mass is 10.1. The summed E-state index contributed by atoms with van der Waals surface area (Å²) in [7, 11) is 4.07. The second-order valence-corrected chi connectivity index (χ2v) is 7.94. The van der Waals surface area contributed by atoms with E-state index >= 15 is 0 Å². The summed E-state index contributed by atoms with van der Waals surface area (Å²) in [6.07, 6.45) is 8.30. The Morgan fingerprint density at radius 1 is 1.21 bits per heavy atom. The van der Waals surface area contributed by atoms with E-state index in [1.165, 1.54) is 24.8 Å². The zero-order chi connectivity index (χ0) is 19.8. The lowest BCUT2D eigenvalue weighted by molar-refractivity contribution is 0.0612. The van der Waals surface area contributed by atoms with Gasteiger partial charge in [-0.15, -0.1) is 0 Å². The molecule has 1 fully saturated rings. The number of β-amino-alcohol motifs (C(OH)–C–C–N with tert-alkyl or cyclic N) is 1. The molecule has 6 nitrogen and oxygen atoms in total. The topological polar surface area (TPSA) is 53.8 Å². The van der Waals surface area contributed by atoms with E-state index in [-0.39, 0.29) is 0 Å². The molecule has 0 saturated carbocycles. The number of likely N-dealkylation sites (N-methyl/N-ethyl adjacent to an activating group) is 1. The molecule has 0 radical (unpaired) electrons. The number of aromatic nitrogens is 2. The first-order valence-electron chi connectivity index (χ1n) is 10.4. The molecular formula is C22H34N4O2. The molecule has 1 aromatic carbocycles. The van der Waals surface area contributed by atoms with Crippen molar-refractivity contribution in [2.45, 2.75) is 38.3 Å². The summed E-state index contributed by atoms with van der Waals surface area (Å²) in [5, 5.41) is 14.6. The first-order chi connectivity index (χ1) is 13.6. The van der Waals surface area contributed by atoms with Crippen LogP contribution in [-0.4, -0.2) is 70.6 Å². The molecule has 1 unspecified atom stereocenters. The maximum absolute atomic E-state index is 10.4. The van der Waals surface area contributed by atoms with Gasteiger partial charge in [-0.3, -0.25) is 4.68 Å². The first kappa shape index (κ1) is 20.8. The smallest absolute Gasteiger partial charge is 0.123 e. The average Bonchev–Trinajstić information content (AvgIpc) is 3.12. The molecule has 3 rings (SSSR count). The fourth-order valence-corrected chi connectivity index (χ4v) is 3.74. The van der Waals surface area contributed by atoms with Gasteiger partial charge in [-0.2, -0.15) is 5.10 Å². The number of aryl methyl sites for hydroxylation is 1. The molecule has 1 saturated heterocycles. The monoisotopic (exact) mass is 386 g/mol. The summed E-state index contributed by atoms with van der Waals surface area (Å²) in [6, 6.07) is 8.14. The maximum Gasteiger partial charge on any atom is 0.123 e. The number of rotatable bonds is 10. The van der Waals surface area contributed by atoms with Gasteiger partial charge in [-0.05, 0) is 51.0 Å². The predicted octanol–water partition coefficient (Wildman–Crippen LogP) is 2.32. The lowest BCUT2D eigenvalue weighted by Crippen LogP contribution is -2.38. The predicted molar refractivity (Wildman–Crippen MR) is 111 cm³/mol. The number of likely N-dealkylation sites (tertiary alicyclic amines) is 1. The van der Waals surface area contributed by atoms with Crippen LogP contribution in [0.15, 0.2) is 36.7 Å². The van der Waals surface area contributed by atoms with E-state index in [2.05, 4.69) is 34.2 Å². The SMILES string of the molecule is CN(CCc1cnn(C)c1)Cc1ccccc1OCC(O)CN1CCCCC1. The van der Waals surface area contributed by atoms with Crippen molar-refractivity contribution in [3.05, 3.63) is 47.8 Å². The quantitative estimate of drug-likeness (QED) is 0.679. The standard InChI is InChI=1S/C22H34N4O2/c1-24(13-10-19-14-23-25(2)15-19)16-20-8-4-5-9-22(20)28-18-21(27)17-26-11-6-3-7-12-26/h4-5,8-9,14-15,21,27H,3,6-7,10-13,16-18H2,1-2H3. The Labute approximate surface area is 168 Å². The second kappa shape index (κ2) is 10.6. The van der Waals surface area contributed by atoms with Crippen molar-refractivity contribution >= 4 is 0 Å². The zero-order valence-corrected chi connectivity index (χ0v) is 17.3. The third-order valence-corrected chi connectivity index (χ3v) is 5.30. The van der Waals surface area contributed by atoms with Crippen molar-refractivity contribution in [2.75, 3.05) is 39.8 Å². The zero-order valence-electron chi connectivity index (χ0n) is 17.3. The molecular weight excluding hydrogens is 352 g/mol. The van der Waals surface area contributed by atoms with Crippen molar-refractivity contribution in [3.63, 3.8) is 0 Å². The van der Waals surface area contributed by atoms with Crippen molar-refractivity contribution in [1.82, 2.24) is 19.6 Å². The third-order valence-electron chi connectivity index (χ3n) is 5.30. The molecule has 1 N–H and O–H groups in total. The van der Waals surface area contributed by atoms with Crippen LogP contribution in [0.25, 0.3) is 0 Å². The largest absolute Gasteiger partial charge is 0.491 e. The number of hydrogen-bond donors (Lipinski definition) is 1. The summed E-state index contributed by atoms with van der Waals surface area (Å²) >= 11 is 0. The maximum atomic E-state index is 10.4. The van der Waals surface area contributed by atoms with E-state index in [0.29, 0.717) is 13.2 Å². The van der Waals surface area contributed by atoms with Crippen LogP contribution in [0.4, 0.5) is 0 Å². The molecule has 2 heterocycles. The van der Waals surface area contributed by atoms with Crippen LogP contribution in [0.1, 0.15) is 30.4 Å². The number of aliphatic hydroxyl groups excluding tert-OH is 1. The Morgan fingerprint density at radius 2 is 2.00 bits per heavy atom. The fourth-order valence-electron chi connectivity index (χ4n) is 3.74. The van der Waals surface area contributed by atoms with Gasteiger partial charge in [0.2, 0.25) is 0 Å². The van der Waals surface area contributed by atoms with E-state index in [4.69, 9.17) is 4.74 Å². The van der Waals surface area contributed by atoms with E-state index < -0.39 is 6.10 Å². The van der Waals surface area contributed by atoms with Crippen LogP contribution in [0, 0.1) is 0 Å². The molecule has 1 aliphatic heterocycles. The second-order valence-electron chi connectivity index (χ2n) is 7.94. The minimum Gasteiger partial charge on any atom is -0.491 e. The fraction of sp³-hybridized carbons (Fsp3) is 0.591. The first-order valence-corrected chi connectivity index (χ1v) is 10.4. The molecule has 6 heteroatoms. The summed E-state index contributed by atoms with van der Waals surface area (Å²) < 4.78 is 7.83. The van der Waals surface area contributed by atoms with Crippen molar-refractivity contribution in [1.29, 1.82) is 0 Å². The van der Waals surface area contributed by atoms with Gasteiger partial charge >= 0.3 is 0 Å². The number of nitrogens with zero attached hydrogens (tertiary/aromatic N) is 4. The Hall–Kier alpha value is -1.89. The molecule has 1 atom stereocenters. The van der Waals surface area contributed by atoms with Crippen LogP contribution < -0.4 is 4.74 Å². The minimum absolute atomic E-state index is 0.340. The van der Waals surface area contributed by atoms with Gasteiger partial charge in [-0.1, -0.05) is 24.6 Å². The molecule has 1 aromatic heterocycles. The summed E-state index contributed by atoms with van der Waals surface area (Å²) in [4.78, 5) is 4.63. The Bertz CT molecular complexity index is 712. The van der Waals surface area contributed by atoms with Crippen LogP contribution in [0.3, 0.4) is 0 Å². The molecule has 28 heavy (non-hydrogen) atoms. The van der Waals surface area contributed by atoms with Crippen LogP contribution in [-0.2, 0) is 20.0 Å². The highest BCUT2D eigenvalue weighted by Crippen LogP contribution is 2.20. The average molecular weight is 387 g/mol. The molecule has 1 aliphatic rings. The number of piperidine rings is 1. The van der Waals surface area contributed by atoms with Gasteiger partial charge in [0.05, 0.1) is 6.20 Å². The molecule has 0 bridgehead atoms. The van der Waals surface area contributed by atoms with E-state index in [0.717, 1.165) is 43.9 Å². The van der Waals surface area contributed by atoms with Crippen LogP contribution >= 0.6 is 0 Å². The van der Waals surface area contributed by atoms with Gasteiger partial charge in [0.15, 0.2) is 0 Å². The van der Waals surface area contributed by atoms with Crippen molar-refractivity contribution < 1.29 is 9.84 Å². The van der Waals surface area contributed by atoms with Crippen LogP contribution in [0.2, 0.25) is 0 Å². The lowest BCUT2D eigenvalue weighted by Gasteiger charge is -2.28. The number of benzene rings is 1. The summed E-state index contributed by atoms with van der Waals surface area (Å²) in [5.74, 6) is 0.869. The molecule has 2 aromatic rings. The van der Waals surface area contributed by atoms with Crippen molar-refractivity contribution in [2.24, 2.45) is 7.05 Å². The Balaban J connectivity index is 1.46. The molecule has 0 aliphatic carbocycles. The van der Waals surface area contributed by atoms with E-state index in [1.807, 2.05) is 36.1 Å². The highest BCUT2D eigenvalue weighted by atomic mass is 16.5. The Kier molecular flexibility index (Phi) is 7.89.